The molecule has 0 saturated heterocycles. The molecule has 2 atom stereocenters. The lowest BCUT2D eigenvalue weighted by Crippen LogP contribution is -2.44. The Bertz CT molecular complexity index is 281. The van der Waals surface area contributed by atoms with Crippen molar-refractivity contribution in [3.8, 4) is 0 Å². The third-order valence-electron chi connectivity index (χ3n) is 3.08. The fraction of sp³-hybridized carbons (Fsp3) is 0.529. The standard InChI is InChI=1S/C17H30N2O/c1-7-12-18(13-8-2)16(6)20-17(11-5)19(14-9-3)15-10-4/h7-10,16-17H,1-4,11-15H2,5-6H3. The maximum Gasteiger partial charge on any atom is 0.112 e. The number of hydrogen-bond acceptors (Lipinski definition) is 3. The molecule has 0 N–H and O–H groups in total. The van der Waals surface area contributed by atoms with Crippen LogP contribution in [-0.4, -0.2) is 48.4 Å². The highest BCUT2D eigenvalue weighted by Gasteiger charge is 2.20. The lowest BCUT2D eigenvalue weighted by molar-refractivity contribution is -0.138. The van der Waals surface area contributed by atoms with Gasteiger partial charge in [0.15, 0.2) is 0 Å². The molecule has 0 fully saturated rings. The zero-order valence-corrected chi connectivity index (χ0v) is 13.1. The van der Waals surface area contributed by atoms with Gasteiger partial charge in [0.25, 0.3) is 0 Å². The van der Waals surface area contributed by atoms with Crippen LogP contribution < -0.4 is 0 Å². The van der Waals surface area contributed by atoms with Gasteiger partial charge in [-0.3, -0.25) is 9.80 Å². The second-order valence-corrected chi connectivity index (χ2v) is 4.66. The molecule has 0 radical (unpaired) electrons. The van der Waals surface area contributed by atoms with E-state index in [4.69, 9.17) is 4.74 Å². The van der Waals surface area contributed by atoms with Crippen LogP contribution in [0.15, 0.2) is 50.6 Å². The molecule has 20 heavy (non-hydrogen) atoms. The fourth-order valence-corrected chi connectivity index (χ4v) is 2.10. The van der Waals surface area contributed by atoms with Gasteiger partial charge < -0.3 is 4.74 Å². The van der Waals surface area contributed by atoms with E-state index in [2.05, 4.69) is 50.0 Å². The fourth-order valence-electron chi connectivity index (χ4n) is 2.10. The minimum atomic E-state index is 0.00748. The Hall–Kier alpha value is -1.16. The summed E-state index contributed by atoms with van der Waals surface area (Å²) in [6.07, 6.45) is 8.54. The van der Waals surface area contributed by atoms with Crippen molar-refractivity contribution in [2.75, 3.05) is 26.2 Å². The van der Waals surface area contributed by atoms with Crippen molar-refractivity contribution < 1.29 is 4.74 Å². The van der Waals surface area contributed by atoms with Crippen LogP contribution in [0.3, 0.4) is 0 Å². The second kappa shape index (κ2) is 11.6. The van der Waals surface area contributed by atoms with E-state index < -0.39 is 0 Å². The van der Waals surface area contributed by atoms with Gasteiger partial charge >= 0.3 is 0 Å². The molecule has 0 bridgehead atoms. The van der Waals surface area contributed by atoms with E-state index in [-0.39, 0.29) is 12.5 Å². The summed E-state index contributed by atoms with van der Waals surface area (Å²) in [6, 6.07) is 0. The quantitative estimate of drug-likeness (QED) is 0.379. The van der Waals surface area contributed by atoms with E-state index in [1.807, 2.05) is 24.3 Å². The SMILES string of the molecule is C=CCN(CC=C)C(C)OC(CC)N(CC=C)CC=C. The number of rotatable bonds is 13. The van der Waals surface area contributed by atoms with Crippen molar-refractivity contribution in [2.45, 2.75) is 32.7 Å². The summed E-state index contributed by atoms with van der Waals surface area (Å²) in [5, 5.41) is 0. The normalized spacial score (nSPS) is 14.0. The zero-order valence-electron chi connectivity index (χ0n) is 13.1. The van der Waals surface area contributed by atoms with E-state index >= 15 is 0 Å². The Labute approximate surface area is 124 Å². The third-order valence-corrected chi connectivity index (χ3v) is 3.08. The van der Waals surface area contributed by atoms with Crippen LogP contribution in [0.4, 0.5) is 0 Å². The minimum Gasteiger partial charge on any atom is -0.345 e. The summed E-state index contributed by atoms with van der Waals surface area (Å²) < 4.78 is 6.19. The zero-order chi connectivity index (χ0) is 15.4. The van der Waals surface area contributed by atoms with Crippen LogP contribution >= 0.6 is 0 Å². The van der Waals surface area contributed by atoms with Crippen molar-refractivity contribution in [1.82, 2.24) is 9.80 Å². The first-order chi connectivity index (χ1) is 9.64. The summed E-state index contributed by atoms with van der Waals surface area (Å²) in [7, 11) is 0. The number of ether oxygens (including phenoxy) is 1. The van der Waals surface area contributed by atoms with Gasteiger partial charge in [-0.2, -0.15) is 0 Å². The number of hydrogen-bond donors (Lipinski definition) is 0. The van der Waals surface area contributed by atoms with Crippen LogP contribution in [0.25, 0.3) is 0 Å². The molecule has 0 spiro atoms. The molecule has 114 valence electrons. The maximum atomic E-state index is 6.19. The number of nitrogens with zero attached hydrogens (tertiary/aromatic N) is 2. The molecule has 0 amide bonds. The Balaban J connectivity index is 4.70. The van der Waals surface area contributed by atoms with Gasteiger partial charge in [0.2, 0.25) is 0 Å². The Kier molecular flexibility index (Phi) is 11.0. The van der Waals surface area contributed by atoms with Gasteiger partial charge in [-0.05, 0) is 13.3 Å². The molecule has 0 aliphatic rings. The van der Waals surface area contributed by atoms with E-state index in [0.717, 1.165) is 32.6 Å². The summed E-state index contributed by atoms with van der Waals surface area (Å²) in [5.41, 5.74) is 0. The van der Waals surface area contributed by atoms with Crippen LogP contribution in [0, 0.1) is 0 Å². The van der Waals surface area contributed by atoms with Gasteiger partial charge in [-0.15, -0.1) is 26.3 Å². The molecular weight excluding hydrogens is 248 g/mol. The summed E-state index contributed by atoms with van der Waals surface area (Å²) in [5.74, 6) is 0. The molecule has 3 nitrogen and oxygen atoms in total. The Morgan fingerprint density at radius 2 is 1.25 bits per heavy atom. The predicted octanol–water partition coefficient (Wildman–Crippen LogP) is 3.43. The average Bonchev–Trinajstić information content (AvgIpc) is 2.44. The summed E-state index contributed by atoms with van der Waals surface area (Å²) in [6.45, 7) is 22.5. The first-order valence-corrected chi connectivity index (χ1v) is 7.21. The highest BCUT2D eigenvalue weighted by molar-refractivity contribution is 4.83. The molecule has 3 heteroatoms. The molecule has 0 aromatic heterocycles. The first-order valence-electron chi connectivity index (χ1n) is 7.21. The van der Waals surface area contributed by atoms with Gasteiger partial charge in [-0.1, -0.05) is 31.2 Å². The van der Waals surface area contributed by atoms with Crippen molar-refractivity contribution in [2.24, 2.45) is 0 Å². The molecule has 0 saturated carbocycles. The Morgan fingerprint density at radius 1 is 0.850 bits per heavy atom. The van der Waals surface area contributed by atoms with Gasteiger partial charge in [0, 0.05) is 26.2 Å². The molecule has 0 heterocycles. The van der Waals surface area contributed by atoms with E-state index in [1.54, 1.807) is 0 Å². The highest BCUT2D eigenvalue weighted by atomic mass is 16.5. The minimum absolute atomic E-state index is 0.00748. The largest absolute Gasteiger partial charge is 0.345 e. The summed E-state index contributed by atoms with van der Waals surface area (Å²) >= 11 is 0. The van der Waals surface area contributed by atoms with Crippen LogP contribution in [0.5, 0.6) is 0 Å². The topological polar surface area (TPSA) is 15.7 Å². The van der Waals surface area contributed by atoms with Crippen molar-refractivity contribution in [3.05, 3.63) is 50.6 Å². The van der Waals surface area contributed by atoms with Crippen molar-refractivity contribution in [1.29, 1.82) is 0 Å². The van der Waals surface area contributed by atoms with Crippen molar-refractivity contribution in [3.63, 3.8) is 0 Å². The van der Waals surface area contributed by atoms with Crippen molar-refractivity contribution >= 4 is 0 Å². The first kappa shape index (κ1) is 18.8. The second-order valence-electron chi connectivity index (χ2n) is 4.66. The van der Waals surface area contributed by atoms with E-state index in [9.17, 15) is 0 Å². The molecule has 0 aliphatic carbocycles. The average molecular weight is 278 g/mol. The predicted molar refractivity (Wildman–Crippen MR) is 88.6 cm³/mol. The Morgan fingerprint density at radius 3 is 1.60 bits per heavy atom. The smallest absolute Gasteiger partial charge is 0.112 e. The molecular formula is C17H30N2O. The van der Waals surface area contributed by atoms with Gasteiger partial charge in [-0.25, -0.2) is 0 Å². The summed E-state index contributed by atoms with van der Waals surface area (Å²) in [4.78, 5) is 4.40. The van der Waals surface area contributed by atoms with Crippen LogP contribution in [-0.2, 0) is 4.74 Å². The van der Waals surface area contributed by atoms with E-state index in [0.29, 0.717) is 0 Å². The molecule has 0 aromatic carbocycles. The van der Waals surface area contributed by atoms with Crippen LogP contribution in [0.1, 0.15) is 20.3 Å². The molecule has 2 unspecified atom stereocenters. The van der Waals surface area contributed by atoms with Gasteiger partial charge in [0.05, 0.1) is 0 Å². The third kappa shape index (κ3) is 6.85. The van der Waals surface area contributed by atoms with Crippen LogP contribution in [0.2, 0.25) is 0 Å². The molecule has 0 aliphatic heterocycles. The monoisotopic (exact) mass is 278 g/mol. The molecule has 0 rings (SSSR count). The van der Waals surface area contributed by atoms with Gasteiger partial charge in [0.1, 0.15) is 12.5 Å². The lowest BCUT2D eigenvalue weighted by Gasteiger charge is -2.35. The van der Waals surface area contributed by atoms with E-state index in [1.165, 1.54) is 0 Å². The lowest BCUT2D eigenvalue weighted by atomic mass is 10.3. The highest BCUT2D eigenvalue weighted by Crippen LogP contribution is 2.12. The molecule has 0 aromatic rings. The maximum absolute atomic E-state index is 6.19.